The third-order valence-corrected chi connectivity index (χ3v) is 5.89. The average molecular weight is 469 g/mol. The van der Waals surface area contributed by atoms with Crippen molar-refractivity contribution in [3.05, 3.63) is 51.1 Å². The van der Waals surface area contributed by atoms with Gasteiger partial charge in [-0.1, -0.05) is 0 Å². The molecule has 0 unspecified atom stereocenters. The number of alkyl halides is 3. The van der Waals surface area contributed by atoms with E-state index in [1.165, 1.54) is 34.3 Å². The van der Waals surface area contributed by atoms with Crippen LogP contribution in [0, 0.1) is 0 Å². The molecule has 11 heteroatoms. The summed E-state index contributed by atoms with van der Waals surface area (Å²) in [4.78, 5) is 12.4. The zero-order valence-corrected chi connectivity index (χ0v) is 16.1. The van der Waals surface area contributed by atoms with Crippen molar-refractivity contribution >= 4 is 55.0 Å². The summed E-state index contributed by atoms with van der Waals surface area (Å²) in [5.41, 5.74) is 0.307. The topological polar surface area (TPSA) is 75.3 Å². The fraction of sp³-hybridized carbons (Fsp3) is 0.133. The zero-order chi connectivity index (χ0) is 19.4. The van der Waals surface area contributed by atoms with Gasteiger partial charge in [-0.3, -0.25) is 4.79 Å². The number of carbonyl (C=O) groups is 1. The second kappa shape index (κ2) is 8.33. The van der Waals surface area contributed by atoms with E-state index in [4.69, 9.17) is 0 Å². The highest BCUT2D eigenvalue weighted by Gasteiger charge is 2.30. The molecular formula is C15H12BrF3N2O3S2. The Morgan fingerprint density at radius 3 is 2.35 bits per heavy atom. The Hall–Kier alpha value is -1.69. The largest absolute Gasteiger partial charge is 0.402 e. The molecule has 2 N–H and O–H groups in total. The molecule has 140 valence electrons. The highest BCUT2D eigenvalue weighted by atomic mass is 79.9. The molecule has 0 saturated heterocycles. The lowest BCUT2D eigenvalue weighted by molar-refractivity contribution is -0.121. The molecule has 0 saturated carbocycles. The predicted octanol–water partition coefficient (Wildman–Crippen LogP) is 4.00. The maximum absolute atomic E-state index is 12.1. The van der Waals surface area contributed by atoms with Gasteiger partial charge in [-0.15, -0.1) is 11.3 Å². The fourth-order valence-corrected chi connectivity index (χ4v) is 4.08. The Bertz CT molecular complexity index is 907. The third kappa shape index (κ3) is 6.56. The molecule has 0 fully saturated rings. The van der Waals surface area contributed by atoms with Gasteiger partial charge in [0.2, 0.25) is 15.9 Å². The molecule has 2 rings (SSSR count). The van der Waals surface area contributed by atoms with Crippen LogP contribution in [0.5, 0.6) is 0 Å². The Balaban J connectivity index is 1.98. The number of hydrogen-bond acceptors (Lipinski definition) is 4. The van der Waals surface area contributed by atoms with E-state index in [9.17, 15) is 26.4 Å². The van der Waals surface area contributed by atoms with Gasteiger partial charge in [0.15, 0.2) is 0 Å². The maximum Gasteiger partial charge on any atom is 0.402 e. The van der Waals surface area contributed by atoms with Crippen molar-refractivity contribution in [2.45, 2.75) is 11.1 Å². The molecule has 0 aliphatic rings. The van der Waals surface area contributed by atoms with E-state index in [2.05, 4.69) is 21.2 Å². The first kappa shape index (κ1) is 20.6. The van der Waals surface area contributed by atoms with Gasteiger partial charge in [0.25, 0.3) is 0 Å². The fourth-order valence-electron chi connectivity index (χ4n) is 1.74. The van der Waals surface area contributed by atoms with Crippen molar-refractivity contribution in [2.24, 2.45) is 0 Å². The number of rotatable bonds is 6. The van der Waals surface area contributed by atoms with Crippen molar-refractivity contribution in [1.29, 1.82) is 0 Å². The van der Waals surface area contributed by atoms with Gasteiger partial charge in [0.05, 0.1) is 8.68 Å². The monoisotopic (exact) mass is 468 g/mol. The van der Waals surface area contributed by atoms with E-state index in [0.717, 1.165) is 20.8 Å². The number of thiophene rings is 1. The summed E-state index contributed by atoms with van der Waals surface area (Å²) in [6.07, 6.45) is -1.72. The summed E-state index contributed by atoms with van der Waals surface area (Å²) >= 11 is 4.75. The molecule has 0 aliphatic heterocycles. The third-order valence-electron chi connectivity index (χ3n) is 2.89. The minimum atomic E-state index is -4.65. The van der Waals surface area contributed by atoms with E-state index >= 15 is 0 Å². The van der Waals surface area contributed by atoms with Crippen molar-refractivity contribution in [3.8, 4) is 0 Å². The van der Waals surface area contributed by atoms with Crippen LogP contribution in [0.4, 0.5) is 18.9 Å². The molecule has 1 aromatic heterocycles. The number of amides is 1. The standard InChI is InChI=1S/C15H12BrF3N2O3S2/c16-13-7-3-11(25-13)4-8-14(22)21-10-1-5-12(6-2-10)26(23,24)20-9-15(17,18)19/h1-8,20H,9H2,(H,21,22)/b8-4+. The van der Waals surface area contributed by atoms with E-state index in [-0.39, 0.29) is 4.90 Å². The first-order valence-electron chi connectivity index (χ1n) is 6.96. The number of anilines is 1. The van der Waals surface area contributed by atoms with Gasteiger partial charge in [-0.05, 0) is 58.4 Å². The van der Waals surface area contributed by atoms with Crippen molar-refractivity contribution in [2.75, 3.05) is 11.9 Å². The second-order valence-corrected chi connectivity index (χ2v) is 9.19. The first-order valence-corrected chi connectivity index (χ1v) is 10.1. The highest BCUT2D eigenvalue weighted by molar-refractivity contribution is 9.11. The molecule has 0 bridgehead atoms. The van der Waals surface area contributed by atoms with Crippen LogP contribution in [0.25, 0.3) is 6.08 Å². The van der Waals surface area contributed by atoms with Crippen molar-refractivity contribution < 1.29 is 26.4 Å². The molecular weight excluding hydrogens is 457 g/mol. The van der Waals surface area contributed by atoms with Crippen LogP contribution in [0.3, 0.4) is 0 Å². The van der Waals surface area contributed by atoms with Crippen LogP contribution >= 0.6 is 27.3 Å². The van der Waals surface area contributed by atoms with Crippen LogP contribution in [-0.4, -0.2) is 27.0 Å². The maximum atomic E-state index is 12.1. The van der Waals surface area contributed by atoms with E-state index in [1.54, 1.807) is 6.08 Å². The number of hydrogen-bond donors (Lipinski definition) is 2. The molecule has 1 aromatic carbocycles. The Kier molecular flexibility index (Phi) is 6.61. The molecule has 2 aromatic rings. The SMILES string of the molecule is O=C(/C=C/c1ccc(Br)s1)Nc1ccc(S(=O)(=O)NCC(F)(F)F)cc1. The molecule has 1 amide bonds. The minimum absolute atomic E-state index is 0.307. The second-order valence-electron chi connectivity index (χ2n) is 4.93. The van der Waals surface area contributed by atoms with Gasteiger partial charge in [-0.25, -0.2) is 13.1 Å². The molecule has 26 heavy (non-hydrogen) atoms. The van der Waals surface area contributed by atoms with E-state index in [1.807, 2.05) is 12.1 Å². The van der Waals surface area contributed by atoms with Gasteiger partial charge in [0.1, 0.15) is 6.54 Å². The Morgan fingerprint density at radius 2 is 1.81 bits per heavy atom. The van der Waals surface area contributed by atoms with Crippen LogP contribution in [-0.2, 0) is 14.8 Å². The summed E-state index contributed by atoms with van der Waals surface area (Å²) in [5, 5.41) is 2.53. The van der Waals surface area contributed by atoms with Crippen LogP contribution in [0.15, 0.2) is 51.2 Å². The number of nitrogens with one attached hydrogen (secondary N) is 2. The molecule has 0 spiro atoms. The molecule has 0 radical (unpaired) electrons. The normalized spacial score (nSPS) is 12.5. The Morgan fingerprint density at radius 1 is 1.15 bits per heavy atom. The highest BCUT2D eigenvalue weighted by Crippen LogP contribution is 2.23. The van der Waals surface area contributed by atoms with Gasteiger partial charge in [-0.2, -0.15) is 13.2 Å². The number of halogens is 4. The van der Waals surface area contributed by atoms with Crippen LogP contribution in [0.2, 0.25) is 0 Å². The molecule has 1 heterocycles. The summed E-state index contributed by atoms with van der Waals surface area (Å²) in [5.74, 6) is -0.430. The summed E-state index contributed by atoms with van der Waals surface area (Å²) in [6, 6.07) is 8.45. The average Bonchev–Trinajstić information content (AvgIpc) is 2.97. The van der Waals surface area contributed by atoms with Crippen LogP contribution in [0.1, 0.15) is 4.88 Å². The smallest absolute Gasteiger partial charge is 0.323 e. The first-order chi connectivity index (χ1) is 12.0. The van der Waals surface area contributed by atoms with E-state index < -0.39 is 28.7 Å². The predicted molar refractivity (Wildman–Crippen MR) is 97.4 cm³/mol. The quantitative estimate of drug-likeness (QED) is 0.629. The summed E-state index contributed by atoms with van der Waals surface area (Å²) in [7, 11) is -4.28. The summed E-state index contributed by atoms with van der Waals surface area (Å²) < 4.78 is 62.3. The lowest BCUT2D eigenvalue weighted by atomic mass is 10.3. The molecule has 0 atom stereocenters. The van der Waals surface area contributed by atoms with Gasteiger partial charge >= 0.3 is 6.18 Å². The number of benzene rings is 1. The summed E-state index contributed by atoms with van der Waals surface area (Å²) in [6.45, 7) is -1.66. The molecule has 0 aliphatic carbocycles. The lowest BCUT2D eigenvalue weighted by Gasteiger charge is -2.10. The number of sulfonamides is 1. The van der Waals surface area contributed by atoms with E-state index in [0.29, 0.717) is 5.69 Å². The number of carbonyl (C=O) groups excluding carboxylic acids is 1. The minimum Gasteiger partial charge on any atom is -0.323 e. The Labute approximate surface area is 160 Å². The molecule has 5 nitrogen and oxygen atoms in total. The van der Waals surface area contributed by atoms with Gasteiger partial charge in [0, 0.05) is 16.6 Å². The van der Waals surface area contributed by atoms with Crippen molar-refractivity contribution in [1.82, 2.24) is 4.72 Å². The lowest BCUT2D eigenvalue weighted by Crippen LogP contribution is -2.33. The zero-order valence-electron chi connectivity index (χ0n) is 12.9. The van der Waals surface area contributed by atoms with Crippen LogP contribution < -0.4 is 10.0 Å². The van der Waals surface area contributed by atoms with Gasteiger partial charge < -0.3 is 5.32 Å². The van der Waals surface area contributed by atoms with Crippen molar-refractivity contribution in [3.63, 3.8) is 0 Å².